The number of furan rings is 1. The maximum absolute atomic E-state index is 11.6. The highest BCUT2D eigenvalue weighted by Crippen LogP contribution is 2.35. The summed E-state index contributed by atoms with van der Waals surface area (Å²) in [6.45, 7) is 2.15. The van der Waals surface area contributed by atoms with Gasteiger partial charge in [-0.05, 0) is 37.8 Å². The van der Waals surface area contributed by atoms with E-state index >= 15 is 0 Å². The van der Waals surface area contributed by atoms with Crippen molar-refractivity contribution in [1.29, 1.82) is 0 Å². The zero-order chi connectivity index (χ0) is 13.1. The monoisotopic (exact) mass is 249 g/mol. The smallest absolute Gasteiger partial charge is 0.371 e. The van der Waals surface area contributed by atoms with Gasteiger partial charge in [0.25, 0.3) is 0 Å². The average molecular weight is 249 g/mol. The SMILES string of the molecule is C/C(=C/C(=O)NCc1ccc(C(=O)O)o1)C1CC1. The van der Waals surface area contributed by atoms with Crippen LogP contribution in [0.5, 0.6) is 0 Å². The number of hydrogen-bond acceptors (Lipinski definition) is 3. The van der Waals surface area contributed by atoms with E-state index in [1.165, 1.54) is 6.07 Å². The summed E-state index contributed by atoms with van der Waals surface area (Å²) in [6, 6.07) is 2.91. The van der Waals surface area contributed by atoms with Crippen molar-refractivity contribution in [3.63, 3.8) is 0 Å². The van der Waals surface area contributed by atoms with Crippen LogP contribution in [0.25, 0.3) is 0 Å². The highest BCUT2D eigenvalue weighted by molar-refractivity contribution is 5.88. The number of carboxylic acid groups (broad SMARTS) is 1. The van der Waals surface area contributed by atoms with E-state index in [2.05, 4.69) is 5.32 Å². The van der Waals surface area contributed by atoms with Crippen LogP contribution in [0.15, 0.2) is 28.2 Å². The summed E-state index contributed by atoms with van der Waals surface area (Å²) >= 11 is 0. The van der Waals surface area contributed by atoms with Gasteiger partial charge in [-0.1, -0.05) is 5.57 Å². The second kappa shape index (κ2) is 5.08. The molecule has 1 aromatic heterocycles. The van der Waals surface area contributed by atoms with E-state index in [0.29, 0.717) is 11.7 Å². The lowest BCUT2D eigenvalue weighted by Crippen LogP contribution is -2.20. The molecule has 1 heterocycles. The molecule has 2 rings (SSSR count). The summed E-state index contributed by atoms with van der Waals surface area (Å²) in [6.07, 6.45) is 3.92. The minimum absolute atomic E-state index is 0.121. The van der Waals surface area contributed by atoms with Gasteiger partial charge >= 0.3 is 5.97 Å². The fourth-order valence-electron chi connectivity index (χ4n) is 1.68. The molecule has 2 N–H and O–H groups in total. The lowest BCUT2D eigenvalue weighted by atomic mass is 10.2. The van der Waals surface area contributed by atoms with E-state index < -0.39 is 5.97 Å². The molecule has 1 aliphatic rings. The molecule has 0 spiro atoms. The van der Waals surface area contributed by atoms with Crippen molar-refractivity contribution >= 4 is 11.9 Å². The second-order valence-corrected chi connectivity index (χ2v) is 4.45. The summed E-state index contributed by atoms with van der Waals surface area (Å²) < 4.78 is 5.03. The highest BCUT2D eigenvalue weighted by atomic mass is 16.4. The van der Waals surface area contributed by atoms with Gasteiger partial charge in [0.15, 0.2) is 0 Å². The number of carboxylic acids is 1. The van der Waals surface area contributed by atoms with Crippen molar-refractivity contribution < 1.29 is 19.1 Å². The van der Waals surface area contributed by atoms with Crippen LogP contribution in [0.2, 0.25) is 0 Å². The molecule has 0 bridgehead atoms. The van der Waals surface area contributed by atoms with Crippen molar-refractivity contribution in [3.8, 4) is 0 Å². The average Bonchev–Trinajstić information content (AvgIpc) is 3.05. The molecule has 18 heavy (non-hydrogen) atoms. The molecule has 1 aromatic rings. The predicted octanol–water partition coefficient (Wildman–Crippen LogP) is 1.95. The number of hydrogen-bond donors (Lipinski definition) is 2. The molecule has 1 amide bonds. The van der Waals surface area contributed by atoms with Gasteiger partial charge in [0.1, 0.15) is 5.76 Å². The molecule has 1 fully saturated rings. The largest absolute Gasteiger partial charge is 0.475 e. The predicted molar refractivity (Wildman–Crippen MR) is 64.0 cm³/mol. The van der Waals surface area contributed by atoms with Gasteiger partial charge in [0, 0.05) is 6.08 Å². The minimum Gasteiger partial charge on any atom is -0.475 e. The third-order valence-corrected chi connectivity index (χ3v) is 2.89. The van der Waals surface area contributed by atoms with Crippen molar-refractivity contribution in [2.24, 2.45) is 5.92 Å². The first kappa shape index (κ1) is 12.4. The van der Waals surface area contributed by atoms with E-state index in [1.54, 1.807) is 12.1 Å². The van der Waals surface area contributed by atoms with Gasteiger partial charge in [-0.25, -0.2) is 4.79 Å². The van der Waals surface area contributed by atoms with Crippen molar-refractivity contribution in [2.45, 2.75) is 26.3 Å². The molecule has 0 aliphatic heterocycles. The molecule has 5 heteroatoms. The number of amides is 1. The van der Waals surface area contributed by atoms with Crippen LogP contribution in [0.1, 0.15) is 36.1 Å². The summed E-state index contributed by atoms with van der Waals surface area (Å²) in [5.74, 6) is -0.412. The topological polar surface area (TPSA) is 79.5 Å². The fraction of sp³-hybridized carbons (Fsp3) is 0.385. The van der Waals surface area contributed by atoms with Gasteiger partial charge in [-0.3, -0.25) is 4.79 Å². The molecule has 0 saturated heterocycles. The Morgan fingerprint density at radius 1 is 1.50 bits per heavy atom. The third kappa shape index (κ3) is 3.23. The minimum atomic E-state index is -1.11. The maximum atomic E-state index is 11.6. The lowest BCUT2D eigenvalue weighted by molar-refractivity contribution is -0.116. The zero-order valence-corrected chi connectivity index (χ0v) is 10.1. The number of carbonyl (C=O) groups is 2. The normalized spacial score (nSPS) is 15.5. The standard InChI is InChI=1S/C13H15NO4/c1-8(9-2-3-9)6-12(15)14-7-10-4-5-11(18-10)13(16)17/h4-6,9H,2-3,7H2,1H3,(H,14,15)(H,16,17)/b8-6-. The molecular formula is C13H15NO4. The maximum Gasteiger partial charge on any atom is 0.371 e. The Kier molecular flexibility index (Phi) is 3.50. The first-order valence-electron chi connectivity index (χ1n) is 5.84. The second-order valence-electron chi connectivity index (χ2n) is 4.45. The van der Waals surface area contributed by atoms with Crippen LogP contribution in [-0.2, 0) is 11.3 Å². The van der Waals surface area contributed by atoms with Crippen LogP contribution >= 0.6 is 0 Å². The molecule has 0 aromatic carbocycles. The number of rotatable bonds is 5. The van der Waals surface area contributed by atoms with Crippen LogP contribution in [0, 0.1) is 5.92 Å². The van der Waals surface area contributed by atoms with Crippen LogP contribution in [0.4, 0.5) is 0 Å². The number of aromatic carboxylic acids is 1. The van der Waals surface area contributed by atoms with Crippen LogP contribution < -0.4 is 5.32 Å². The van der Waals surface area contributed by atoms with Gasteiger partial charge < -0.3 is 14.8 Å². The van der Waals surface area contributed by atoms with Gasteiger partial charge in [0.05, 0.1) is 6.54 Å². The van der Waals surface area contributed by atoms with Gasteiger partial charge in [-0.15, -0.1) is 0 Å². The van der Waals surface area contributed by atoms with Crippen molar-refractivity contribution in [3.05, 3.63) is 35.3 Å². The van der Waals surface area contributed by atoms with E-state index in [0.717, 1.165) is 18.4 Å². The Morgan fingerprint density at radius 3 is 2.78 bits per heavy atom. The molecule has 96 valence electrons. The van der Waals surface area contributed by atoms with Crippen molar-refractivity contribution in [1.82, 2.24) is 5.32 Å². The first-order valence-corrected chi connectivity index (χ1v) is 5.84. The quantitative estimate of drug-likeness (QED) is 0.782. The molecule has 0 unspecified atom stereocenters. The highest BCUT2D eigenvalue weighted by Gasteiger charge is 2.23. The molecule has 0 atom stereocenters. The van der Waals surface area contributed by atoms with E-state index in [4.69, 9.17) is 9.52 Å². The van der Waals surface area contributed by atoms with E-state index in [1.807, 2.05) is 6.92 Å². The summed E-state index contributed by atoms with van der Waals surface area (Å²) in [7, 11) is 0. The Bertz CT molecular complexity index is 497. The van der Waals surface area contributed by atoms with Crippen LogP contribution in [-0.4, -0.2) is 17.0 Å². The van der Waals surface area contributed by atoms with Gasteiger partial charge in [-0.2, -0.15) is 0 Å². The molecule has 5 nitrogen and oxygen atoms in total. The lowest BCUT2D eigenvalue weighted by Gasteiger charge is -2.00. The molecular weight excluding hydrogens is 234 g/mol. The zero-order valence-electron chi connectivity index (χ0n) is 10.1. The molecule has 1 aliphatic carbocycles. The fourth-order valence-corrected chi connectivity index (χ4v) is 1.68. The van der Waals surface area contributed by atoms with Gasteiger partial charge in [0.2, 0.25) is 11.7 Å². The molecule has 0 radical (unpaired) electrons. The Morgan fingerprint density at radius 2 is 2.22 bits per heavy atom. The third-order valence-electron chi connectivity index (χ3n) is 2.89. The summed E-state index contributed by atoms with van der Waals surface area (Å²) in [5, 5.41) is 11.3. The van der Waals surface area contributed by atoms with Crippen LogP contribution in [0.3, 0.4) is 0 Å². The Balaban J connectivity index is 1.84. The number of nitrogens with one attached hydrogen (secondary N) is 1. The Hall–Kier alpha value is -2.04. The summed E-state index contributed by atoms with van der Waals surface area (Å²) in [4.78, 5) is 22.1. The van der Waals surface area contributed by atoms with Crippen molar-refractivity contribution in [2.75, 3.05) is 0 Å². The molecule has 1 saturated carbocycles. The first-order chi connectivity index (χ1) is 8.56. The Labute approximate surface area is 104 Å². The number of carbonyl (C=O) groups excluding carboxylic acids is 1. The number of allylic oxidation sites excluding steroid dienone is 1. The summed E-state index contributed by atoms with van der Waals surface area (Å²) in [5.41, 5.74) is 1.10. The van der Waals surface area contributed by atoms with E-state index in [-0.39, 0.29) is 18.2 Å². The van der Waals surface area contributed by atoms with E-state index in [9.17, 15) is 9.59 Å².